The maximum absolute atomic E-state index is 12.3. The van der Waals surface area contributed by atoms with E-state index in [1.807, 2.05) is 12.3 Å². The Bertz CT molecular complexity index is 956. The highest BCUT2D eigenvalue weighted by molar-refractivity contribution is 7.15. The lowest BCUT2D eigenvalue weighted by atomic mass is 10.1. The van der Waals surface area contributed by atoms with Crippen LogP contribution < -0.4 is 5.32 Å². The van der Waals surface area contributed by atoms with Crippen molar-refractivity contribution in [2.75, 3.05) is 5.32 Å². The molecule has 2 heterocycles. The minimum Gasteiger partial charge on any atom is -0.478 e. The summed E-state index contributed by atoms with van der Waals surface area (Å²) in [5.74, 6) is -3.12. The molecule has 0 spiro atoms. The van der Waals surface area contributed by atoms with Crippen molar-refractivity contribution in [1.82, 2.24) is 9.38 Å². The van der Waals surface area contributed by atoms with Gasteiger partial charge in [0.2, 0.25) is 0 Å². The fourth-order valence-corrected chi connectivity index (χ4v) is 3.00. The number of nitrogens with zero attached hydrogens (tertiary/aromatic N) is 2. The second-order valence-corrected chi connectivity index (χ2v) is 5.86. The lowest BCUT2D eigenvalue weighted by Gasteiger charge is -2.06. The Morgan fingerprint density at radius 1 is 1.12 bits per heavy atom. The van der Waals surface area contributed by atoms with Gasteiger partial charge in [-0.3, -0.25) is 9.20 Å². The van der Waals surface area contributed by atoms with E-state index in [4.69, 9.17) is 10.2 Å². The van der Waals surface area contributed by atoms with Crippen molar-refractivity contribution in [3.63, 3.8) is 0 Å². The minimum absolute atomic E-state index is 0.0744. The molecule has 0 radical (unpaired) electrons. The highest BCUT2D eigenvalue weighted by Gasteiger charge is 2.16. The predicted molar refractivity (Wildman–Crippen MR) is 86.1 cm³/mol. The van der Waals surface area contributed by atoms with Gasteiger partial charge in [0.15, 0.2) is 4.96 Å². The van der Waals surface area contributed by atoms with Crippen LogP contribution in [0.1, 0.15) is 36.9 Å². The molecule has 0 atom stereocenters. The molecule has 0 saturated carbocycles. The first-order chi connectivity index (χ1) is 11.3. The Morgan fingerprint density at radius 3 is 2.29 bits per heavy atom. The minimum atomic E-state index is -1.29. The molecule has 3 rings (SSSR count). The number of imidazole rings is 1. The number of anilines is 1. The number of nitrogens with one attached hydrogen (secondary N) is 1. The summed E-state index contributed by atoms with van der Waals surface area (Å²) in [4.78, 5) is 39.3. The zero-order valence-corrected chi connectivity index (χ0v) is 13.1. The number of carboxylic acid groups (broad SMARTS) is 2. The van der Waals surface area contributed by atoms with E-state index in [0.29, 0.717) is 4.96 Å². The maximum atomic E-state index is 12.3. The summed E-state index contributed by atoms with van der Waals surface area (Å²) in [6, 6.07) is 3.41. The van der Waals surface area contributed by atoms with E-state index in [1.165, 1.54) is 23.5 Å². The van der Waals surface area contributed by atoms with Crippen LogP contribution >= 0.6 is 11.3 Å². The molecule has 122 valence electrons. The van der Waals surface area contributed by atoms with Crippen LogP contribution in [0.2, 0.25) is 0 Å². The Balaban J connectivity index is 1.93. The number of rotatable bonds is 4. The largest absolute Gasteiger partial charge is 0.478 e. The fourth-order valence-electron chi connectivity index (χ4n) is 2.15. The predicted octanol–water partition coefficient (Wildman–Crippen LogP) is 2.35. The van der Waals surface area contributed by atoms with Crippen LogP contribution in [0.25, 0.3) is 4.96 Å². The van der Waals surface area contributed by atoms with Gasteiger partial charge in [-0.1, -0.05) is 0 Å². The Hall–Kier alpha value is -3.20. The monoisotopic (exact) mass is 345 g/mol. The quantitative estimate of drug-likeness (QED) is 0.667. The highest BCUT2D eigenvalue weighted by atomic mass is 32.1. The van der Waals surface area contributed by atoms with Gasteiger partial charge in [-0.2, -0.15) is 0 Å². The number of thiazole rings is 1. The molecule has 0 bridgehead atoms. The van der Waals surface area contributed by atoms with E-state index in [-0.39, 0.29) is 22.5 Å². The zero-order chi connectivity index (χ0) is 17.4. The average Bonchev–Trinajstić information content (AvgIpc) is 3.09. The zero-order valence-electron chi connectivity index (χ0n) is 12.3. The Labute approximate surface area is 139 Å². The number of carbonyl (C=O) groups is 3. The van der Waals surface area contributed by atoms with Crippen LogP contribution in [0, 0.1) is 6.92 Å². The number of aryl methyl sites for hydroxylation is 1. The van der Waals surface area contributed by atoms with Gasteiger partial charge in [0, 0.05) is 23.0 Å². The number of hydrogen-bond donors (Lipinski definition) is 3. The third-order valence-corrected chi connectivity index (χ3v) is 4.26. The summed E-state index contributed by atoms with van der Waals surface area (Å²) in [6.45, 7) is 1.88. The molecule has 9 heteroatoms. The first-order valence-electron chi connectivity index (χ1n) is 6.71. The Kier molecular flexibility index (Phi) is 3.78. The summed E-state index contributed by atoms with van der Waals surface area (Å²) >= 11 is 1.39. The van der Waals surface area contributed by atoms with Crippen molar-refractivity contribution in [2.45, 2.75) is 6.92 Å². The van der Waals surface area contributed by atoms with Gasteiger partial charge in [-0.15, -0.1) is 11.3 Å². The van der Waals surface area contributed by atoms with Gasteiger partial charge in [0.05, 0.1) is 11.1 Å². The van der Waals surface area contributed by atoms with E-state index < -0.39 is 17.8 Å². The second kappa shape index (κ2) is 5.78. The van der Waals surface area contributed by atoms with Gasteiger partial charge in [0.25, 0.3) is 5.91 Å². The van der Waals surface area contributed by atoms with Gasteiger partial charge in [0.1, 0.15) is 5.69 Å². The van der Waals surface area contributed by atoms with Crippen molar-refractivity contribution < 1.29 is 24.6 Å². The maximum Gasteiger partial charge on any atom is 0.335 e. The van der Waals surface area contributed by atoms with Crippen LogP contribution in [0.15, 0.2) is 29.8 Å². The van der Waals surface area contributed by atoms with Gasteiger partial charge in [-0.25, -0.2) is 14.6 Å². The van der Waals surface area contributed by atoms with E-state index in [0.717, 1.165) is 11.8 Å². The molecular weight excluding hydrogens is 334 g/mol. The standard InChI is InChI=1S/C15H11N3O5S/c1-7-6-24-15-17-11(5-18(7)15)12(19)16-10-3-8(13(20)21)2-9(4-10)14(22)23/h2-6H,1H3,(H,16,19)(H,20,21)(H,22,23). The van der Waals surface area contributed by atoms with Crippen LogP contribution in [0.4, 0.5) is 5.69 Å². The summed E-state index contributed by atoms with van der Waals surface area (Å²) in [6.07, 6.45) is 1.57. The number of amides is 1. The number of aromatic nitrogens is 2. The van der Waals surface area contributed by atoms with E-state index in [1.54, 1.807) is 10.6 Å². The molecule has 0 saturated heterocycles. The third kappa shape index (κ3) is 2.84. The molecule has 3 N–H and O–H groups in total. The fraction of sp³-hybridized carbons (Fsp3) is 0.0667. The first kappa shape index (κ1) is 15.7. The van der Waals surface area contributed by atoms with Crippen molar-refractivity contribution in [3.8, 4) is 0 Å². The van der Waals surface area contributed by atoms with Gasteiger partial charge < -0.3 is 15.5 Å². The van der Waals surface area contributed by atoms with Gasteiger partial charge in [-0.05, 0) is 25.1 Å². The SMILES string of the molecule is Cc1csc2nc(C(=O)Nc3cc(C(=O)O)cc(C(=O)O)c3)cn12. The topological polar surface area (TPSA) is 121 Å². The summed E-state index contributed by atoms with van der Waals surface area (Å²) < 4.78 is 1.76. The second-order valence-electron chi connectivity index (χ2n) is 5.02. The third-order valence-electron chi connectivity index (χ3n) is 3.31. The van der Waals surface area contributed by atoms with Crippen molar-refractivity contribution in [1.29, 1.82) is 0 Å². The number of hydrogen-bond acceptors (Lipinski definition) is 5. The van der Waals surface area contributed by atoms with E-state index in [2.05, 4.69) is 10.3 Å². The number of carbonyl (C=O) groups excluding carboxylic acids is 1. The van der Waals surface area contributed by atoms with E-state index in [9.17, 15) is 14.4 Å². The summed E-state index contributed by atoms with van der Waals surface area (Å²) in [7, 11) is 0. The molecule has 0 fully saturated rings. The van der Waals surface area contributed by atoms with Crippen LogP contribution in [-0.4, -0.2) is 37.4 Å². The molecule has 8 nitrogen and oxygen atoms in total. The molecule has 0 unspecified atom stereocenters. The number of carboxylic acids is 2. The Morgan fingerprint density at radius 2 is 1.75 bits per heavy atom. The molecular formula is C15H11N3O5S. The van der Waals surface area contributed by atoms with Crippen molar-refractivity contribution in [3.05, 3.63) is 52.3 Å². The normalized spacial score (nSPS) is 10.7. The molecule has 1 aromatic carbocycles. The molecule has 24 heavy (non-hydrogen) atoms. The van der Waals surface area contributed by atoms with Crippen molar-refractivity contribution in [2.24, 2.45) is 0 Å². The average molecular weight is 345 g/mol. The molecule has 0 aliphatic heterocycles. The molecule has 0 aliphatic carbocycles. The first-order valence-corrected chi connectivity index (χ1v) is 7.59. The van der Waals surface area contributed by atoms with Gasteiger partial charge >= 0.3 is 11.9 Å². The van der Waals surface area contributed by atoms with Crippen LogP contribution in [0.5, 0.6) is 0 Å². The lowest BCUT2D eigenvalue weighted by Crippen LogP contribution is -2.14. The molecule has 1 amide bonds. The lowest BCUT2D eigenvalue weighted by molar-refractivity contribution is 0.0696. The number of aromatic carboxylic acids is 2. The smallest absolute Gasteiger partial charge is 0.335 e. The van der Waals surface area contributed by atoms with Crippen molar-refractivity contribution >= 4 is 39.8 Å². The molecule has 3 aromatic rings. The van der Waals surface area contributed by atoms with Crippen LogP contribution in [0.3, 0.4) is 0 Å². The van der Waals surface area contributed by atoms with E-state index >= 15 is 0 Å². The number of benzene rings is 1. The molecule has 2 aromatic heterocycles. The highest BCUT2D eigenvalue weighted by Crippen LogP contribution is 2.19. The summed E-state index contributed by atoms with van der Waals surface area (Å²) in [5, 5.41) is 22.5. The van der Waals surface area contributed by atoms with Crippen LogP contribution in [-0.2, 0) is 0 Å². The summed E-state index contributed by atoms with van der Waals surface area (Å²) in [5.41, 5.74) is 0.703. The number of fused-ring (bicyclic) bond motifs is 1. The molecule has 0 aliphatic rings.